The summed E-state index contributed by atoms with van der Waals surface area (Å²) < 4.78 is 30.0. The molecule has 0 N–H and O–H groups in total. The van der Waals surface area contributed by atoms with Crippen LogP contribution in [0.5, 0.6) is 0 Å². The summed E-state index contributed by atoms with van der Waals surface area (Å²) in [5, 5.41) is 0. The van der Waals surface area contributed by atoms with Crippen molar-refractivity contribution < 1.29 is 33.5 Å². The van der Waals surface area contributed by atoms with Crippen molar-refractivity contribution in [1.29, 1.82) is 0 Å². The van der Waals surface area contributed by atoms with E-state index >= 15 is 0 Å². The molecule has 0 aromatic heterocycles. The highest BCUT2D eigenvalue weighted by Gasteiger charge is 2.53. The first-order valence-electron chi connectivity index (χ1n) is 9.00. The Hall–Kier alpha value is -0.280. The van der Waals surface area contributed by atoms with Crippen molar-refractivity contribution in [2.45, 2.75) is 109 Å². The zero-order valence-electron chi connectivity index (χ0n) is 16.6. The van der Waals surface area contributed by atoms with E-state index in [1.807, 2.05) is 55.4 Å². The van der Waals surface area contributed by atoms with Crippen LogP contribution < -0.4 is 0 Å². The Morgan fingerprint density at radius 3 is 2.00 bits per heavy atom. The average molecular weight is 360 g/mol. The van der Waals surface area contributed by atoms with Crippen LogP contribution in [0.4, 0.5) is 0 Å². The second kappa shape index (κ2) is 6.12. The van der Waals surface area contributed by atoms with E-state index in [9.17, 15) is 0 Å². The van der Waals surface area contributed by atoms with Gasteiger partial charge in [-0.1, -0.05) is 0 Å². The quantitative estimate of drug-likeness (QED) is 0.717. The molecular weight excluding hydrogens is 328 g/mol. The monoisotopic (exact) mass is 360 g/mol. The van der Waals surface area contributed by atoms with Crippen molar-refractivity contribution in [2.24, 2.45) is 0 Å². The van der Waals surface area contributed by atoms with Gasteiger partial charge in [0.15, 0.2) is 17.9 Å². The topological polar surface area (TPSA) is 64.6 Å². The lowest BCUT2D eigenvalue weighted by Gasteiger charge is -2.46. The largest absolute Gasteiger partial charge is 0.348 e. The van der Waals surface area contributed by atoms with Crippen LogP contribution >= 0.6 is 0 Å². The molecule has 0 aliphatic carbocycles. The van der Waals surface area contributed by atoms with Crippen molar-refractivity contribution in [3.05, 3.63) is 0 Å². The van der Waals surface area contributed by atoms with Gasteiger partial charge in [0.2, 0.25) is 0 Å². The molecule has 0 amide bonds. The van der Waals surface area contributed by atoms with E-state index in [2.05, 4.69) is 0 Å². The third-order valence-electron chi connectivity index (χ3n) is 5.28. The molecule has 3 aliphatic rings. The summed E-state index contributed by atoms with van der Waals surface area (Å²) in [5.74, 6) is -1.31. The van der Waals surface area contributed by atoms with Gasteiger partial charge in [0.25, 0.3) is 0 Å². The zero-order chi connectivity index (χ0) is 18.7. The molecule has 0 aromatic carbocycles. The van der Waals surface area contributed by atoms with Crippen molar-refractivity contribution in [3.8, 4) is 0 Å². The average Bonchev–Trinajstić information content (AvgIpc) is 2.93. The van der Waals surface area contributed by atoms with Gasteiger partial charge in [-0.05, 0) is 55.4 Å². The predicted molar refractivity (Wildman–Crippen MR) is 88.5 cm³/mol. The fourth-order valence-corrected chi connectivity index (χ4v) is 3.28. The SMILES string of the molecule is CC1(C)OCC(C2OC(C)(C)OC2CC2OOC(C)(C)C(C)(C)O2)O1. The molecule has 4 unspecified atom stereocenters. The van der Waals surface area contributed by atoms with Gasteiger partial charge in [-0.15, -0.1) is 0 Å². The van der Waals surface area contributed by atoms with Crippen LogP contribution in [-0.4, -0.2) is 54.0 Å². The van der Waals surface area contributed by atoms with Crippen molar-refractivity contribution >= 4 is 0 Å². The second-order valence-corrected chi connectivity index (χ2v) is 8.99. The van der Waals surface area contributed by atoms with E-state index in [1.165, 1.54) is 0 Å². The van der Waals surface area contributed by atoms with E-state index in [1.54, 1.807) is 0 Å². The fourth-order valence-electron chi connectivity index (χ4n) is 3.28. The number of rotatable bonds is 3. The molecule has 146 valence electrons. The summed E-state index contributed by atoms with van der Waals surface area (Å²) in [4.78, 5) is 11.1. The summed E-state index contributed by atoms with van der Waals surface area (Å²) in [7, 11) is 0. The van der Waals surface area contributed by atoms with Gasteiger partial charge in [-0.25, -0.2) is 9.78 Å². The third-order valence-corrected chi connectivity index (χ3v) is 5.28. The maximum atomic E-state index is 6.12. The number of hydrogen-bond acceptors (Lipinski definition) is 7. The molecule has 0 bridgehead atoms. The number of hydrogen-bond donors (Lipinski definition) is 0. The molecule has 0 spiro atoms. The maximum Gasteiger partial charge on any atom is 0.194 e. The molecule has 3 heterocycles. The van der Waals surface area contributed by atoms with Crippen LogP contribution in [0, 0.1) is 0 Å². The standard InChI is InChI=1S/C18H32O7/c1-15(2)16(3,4)25-24-13(22-15)9-11-14(23-18(7,8)20-11)12-10-19-17(5,6)21-12/h11-14H,9-10H2,1-8H3. The zero-order valence-corrected chi connectivity index (χ0v) is 16.6. The van der Waals surface area contributed by atoms with Gasteiger partial charge >= 0.3 is 0 Å². The van der Waals surface area contributed by atoms with Crippen molar-refractivity contribution in [3.63, 3.8) is 0 Å². The normalized spacial score (nSPS) is 41.8. The highest BCUT2D eigenvalue weighted by atomic mass is 17.2. The highest BCUT2D eigenvalue weighted by molar-refractivity contribution is 4.94. The summed E-state index contributed by atoms with van der Waals surface area (Å²) in [6.07, 6.45) is -0.766. The van der Waals surface area contributed by atoms with Crippen LogP contribution in [0.2, 0.25) is 0 Å². The van der Waals surface area contributed by atoms with Gasteiger partial charge in [0, 0.05) is 6.42 Å². The molecule has 7 nitrogen and oxygen atoms in total. The van der Waals surface area contributed by atoms with E-state index in [0.29, 0.717) is 13.0 Å². The van der Waals surface area contributed by atoms with Crippen LogP contribution in [0.1, 0.15) is 61.8 Å². The third kappa shape index (κ3) is 4.03. The first kappa shape index (κ1) is 19.5. The van der Waals surface area contributed by atoms with Crippen LogP contribution in [0.3, 0.4) is 0 Å². The second-order valence-electron chi connectivity index (χ2n) is 8.99. The minimum atomic E-state index is -0.699. The fraction of sp³-hybridized carbons (Fsp3) is 1.00. The Labute approximate surface area is 150 Å². The number of ether oxygens (including phenoxy) is 5. The maximum absolute atomic E-state index is 6.12. The van der Waals surface area contributed by atoms with Crippen molar-refractivity contribution in [1.82, 2.24) is 0 Å². The molecule has 3 aliphatic heterocycles. The summed E-state index contributed by atoms with van der Waals surface area (Å²) in [5.41, 5.74) is -1.03. The molecule has 7 heteroatoms. The Bertz CT molecular complexity index is 500. The molecule has 0 aromatic rings. The minimum Gasteiger partial charge on any atom is -0.348 e. The van der Waals surface area contributed by atoms with Crippen molar-refractivity contribution in [2.75, 3.05) is 6.61 Å². The highest BCUT2D eigenvalue weighted by Crippen LogP contribution is 2.40. The van der Waals surface area contributed by atoms with E-state index in [4.69, 9.17) is 33.5 Å². The summed E-state index contributed by atoms with van der Waals surface area (Å²) in [6, 6.07) is 0. The lowest BCUT2D eigenvalue weighted by atomic mass is 9.89. The Morgan fingerprint density at radius 1 is 0.760 bits per heavy atom. The van der Waals surface area contributed by atoms with Gasteiger partial charge in [0.05, 0.1) is 18.3 Å². The van der Waals surface area contributed by atoms with Gasteiger partial charge in [-0.2, -0.15) is 0 Å². The molecular formula is C18H32O7. The molecule has 3 rings (SSSR count). The molecule has 25 heavy (non-hydrogen) atoms. The van der Waals surface area contributed by atoms with Crippen LogP contribution in [-0.2, 0) is 33.5 Å². The molecule has 3 saturated heterocycles. The van der Waals surface area contributed by atoms with E-state index in [0.717, 1.165) is 0 Å². The molecule has 0 saturated carbocycles. The first-order chi connectivity index (χ1) is 11.3. The Morgan fingerprint density at radius 2 is 1.44 bits per heavy atom. The molecule has 3 fully saturated rings. The van der Waals surface area contributed by atoms with Crippen LogP contribution in [0.15, 0.2) is 0 Å². The van der Waals surface area contributed by atoms with Crippen LogP contribution in [0.25, 0.3) is 0 Å². The van der Waals surface area contributed by atoms with E-state index < -0.39 is 29.1 Å². The summed E-state index contributed by atoms with van der Waals surface area (Å²) >= 11 is 0. The molecule has 4 atom stereocenters. The lowest BCUT2D eigenvalue weighted by molar-refractivity contribution is -0.502. The minimum absolute atomic E-state index is 0.198. The Balaban J connectivity index is 1.68. The predicted octanol–water partition coefficient (Wildman–Crippen LogP) is 2.91. The Kier molecular flexibility index (Phi) is 4.77. The smallest absolute Gasteiger partial charge is 0.194 e. The first-order valence-corrected chi connectivity index (χ1v) is 9.00. The van der Waals surface area contributed by atoms with Gasteiger partial charge < -0.3 is 23.7 Å². The van der Waals surface area contributed by atoms with Gasteiger partial charge in [0.1, 0.15) is 17.8 Å². The van der Waals surface area contributed by atoms with Gasteiger partial charge in [-0.3, -0.25) is 0 Å². The lowest BCUT2D eigenvalue weighted by Crippen LogP contribution is -2.57. The summed E-state index contributed by atoms with van der Waals surface area (Å²) in [6.45, 7) is 15.9. The molecule has 0 radical (unpaired) electrons. The van der Waals surface area contributed by atoms with E-state index in [-0.39, 0.29) is 18.3 Å².